The zero-order valence-electron chi connectivity index (χ0n) is 18.1. The van der Waals surface area contributed by atoms with Crippen LogP contribution in [0.15, 0.2) is 53.4 Å². The predicted octanol–water partition coefficient (Wildman–Crippen LogP) is 3.35. The number of rotatable bonds is 8. The second kappa shape index (κ2) is 9.29. The minimum Gasteiger partial charge on any atom is -0.310 e. The molecule has 1 aliphatic rings. The van der Waals surface area contributed by atoms with Crippen LogP contribution in [-0.2, 0) is 21.2 Å². The number of hydrogen-bond donors (Lipinski definition) is 1. The van der Waals surface area contributed by atoms with E-state index < -0.39 is 10.0 Å². The van der Waals surface area contributed by atoms with Gasteiger partial charge in [-0.3, -0.25) is 10.1 Å². The maximum Gasteiger partial charge on any atom is 0.243 e. The molecule has 1 N–H and O–H groups in total. The van der Waals surface area contributed by atoms with Crippen LogP contribution in [-0.4, -0.2) is 44.3 Å². The molecule has 0 bridgehead atoms. The van der Waals surface area contributed by atoms with Crippen molar-refractivity contribution >= 4 is 21.6 Å². The number of sulfonamides is 1. The zero-order chi connectivity index (χ0) is 21.9. The molecule has 7 heteroatoms. The van der Waals surface area contributed by atoms with E-state index in [4.69, 9.17) is 0 Å². The highest BCUT2D eigenvalue weighted by molar-refractivity contribution is 7.89. The lowest BCUT2D eigenvalue weighted by Crippen LogP contribution is -2.45. The van der Waals surface area contributed by atoms with Crippen molar-refractivity contribution in [3.63, 3.8) is 0 Å². The molecule has 1 amide bonds. The van der Waals surface area contributed by atoms with E-state index in [1.807, 2.05) is 62.9 Å². The summed E-state index contributed by atoms with van der Waals surface area (Å²) in [7, 11) is -3.47. The summed E-state index contributed by atoms with van der Waals surface area (Å²) in [5.41, 5.74) is 3.14. The van der Waals surface area contributed by atoms with Crippen LogP contribution in [0.25, 0.3) is 0 Å². The molecular formula is C23H31N3O3S. The fraction of sp³-hybridized carbons (Fsp3) is 0.435. The molecule has 0 aromatic heterocycles. The van der Waals surface area contributed by atoms with Crippen molar-refractivity contribution in [1.82, 2.24) is 9.62 Å². The van der Waals surface area contributed by atoms with E-state index in [1.54, 1.807) is 12.1 Å². The van der Waals surface area contributed by atoms with Gasteiger partial charge in [0.05, 0.1) is 10.9 Å². The Morgan fingerprint density at radius 2 is 1.70 bits per heavy atom. The van der Waals surface area contributed by atoms with E-state index in [2.05, 4.69) is 11.4 Å². The van der Waals surface area contributed by atoms with Gasteiger partial charge in [0, 0.05) is 31.4 Å². The van der Waals surface area contributed by atoms with Crippen molar-refractivity contribution in [2.24, 2.45) is 0 Å². The first kappa shape index (κ1) is 22.5. The minimum atomic E-state index is -3.47. The maximum absolute atomic E-state index is 13.0. The largest absolute Gasteiger partial charge is 0.310 e. The Bertz CT molecular complexity index is 985. The van der Waals surface area contributed by atoms with E-state index in [0.29, 0.717) is 24.5 Å². The van der Waals surface area contributed by atoms with E-state index >= 15 is 0 Å². The van der Waals surface area contributed by atoms with Crippen LogP contribution < -0.4 is 10.2 Å². The van der Waals surface area contributed by atoms with Gasteiger partial charge in [0.15, 0.2) is 0 Å². The maximum atomic E-state index is 13.0. The quantitative estimate of drug-likeness (QED) is 0.699. The van der Waals surface area contributed by atoms with E-state index in [9.17, 15) is 13.2 Å². The summed E-state index contributed by atoms with van der Waals surface area (Å²) in [6, 6.07) is 14.5. The lowest BCUT2D eigenvalue weighted by atomic mass is 10.1. The van der Waals surface area contributed by atoms with Gasteiger partial charge in [-0.25, -0.2) is 8.42 Å². The molecule has 2 atom stereocenters. The molecule has 3 rings (SSSR count). The third-order valence-electron chi connectivity index (χ3n) is 5.75. The normalized spacial score (nSPS) is 15.8. The van der Waals surface area contributed by atoms with Gasteiger partial charge < -0.3 is 4.90 Å². The van der Waals surface area contributed by atoms with E-state index in [1.165, 1.54) is 9.87 Å². The number of nitrogens with zero attached hydrogens (tertiary/aromatic N) is 2. The zero-order valence-corrected chi connectivity index (χ0v) is 18.9. The minimum absolute atomic E-state index is 0.0486. The molecular weight excluding hydrogens is 398 g/mol. The average molecular weight is 430 g/mol. The number of carbonyl (C=O) groups excluding carboxylic acids is 1. The fourth-order valence-corrected chi connectivity index (χ4v) is 5.44. The van der Waals surface area contributed by atoms with Crippen molar-refractivity contribution in [2.75, 3.05) is 24.5 Å². The number of carbonyl (C=O) groups is 1. The fourth-order valence-electron chi connectivity index (χ4n) is 3.98. The summed E-state index contributed by atoms with van der Waals surface area (Å²) < 4.78 is 26.7. The smallest absolute Gasteiger partial charge is 0.243 e. The highest BCUT2D eigenvalue weighted by atomic mass is 32.2. The van der Waals surface area contributed by atoms with Crippen LogP contribution >= 0.6 is 0 Å². The molecule has 0 radical (unpaired) electrons. The Morgan fingerprint density at radius 3 is 2.33 bits per heavy atom. The van der Waals surface area contributed by atoms with Crippen molar-refractivity contribution in [3.05, 3.63) is 59.7 Å². The Morgan fingerprint density at radius 1 is 1.07 bits per heavy atom. The van der Waals surface area contributed by atoms with Gasteiger partial charge in [-0.05, 0) is 49.6 Å². The number of hydrogen-bond acceptors (Lipinski definition) is 4. The van der Waals surface area contributed by atoms with Gasteiger partial charge in [0.2, 0.25) is 15.9 Å². The molecule has 2 aromatic carbocycles. The molecule has 0 saturated heterocycles. The average Bonchev–Trinajstić information content (AvgIpc) is 3.18. The summed E-state index contributed by atoms with van der Waals surface area (Å²) in [5, 5.41) is 3.36. The predicted molar refractivity (Wildman–Crippen MR) is 120 cm³/mol. The molecule has 0 spiro atoms. The van der Waals surface area contributed by atoms with Gasteiger partial charge in [-0.2, -0.15) is 4.31 Å². The topological polar surface area (TPSA) is 69.7 Å². The Kier molecular flexibility index (Phi) is 6.95. The summed E-state index contributed by atoms with van der Waals surface area (Å²) in [5.74, 6) is 0.0486. The highest BCUT2D eigenvalue weighted by Crippen LogP contribution is 2.28. The molecule has 2 aromatic rings. The molecule has 0 saturated carbocycles. The Hall–Kier alpha value is -2.22. The Balaban J connectivity index is 1.67. The standard InChI is InChI=1S/C23H31N3O3S/c1-5-25(6-2)30(28,29)21-13-11-19(12-14-21)17(3)24-18(4)23(27)26-16-15-20-9-7-8-10-22(20)26/h7-14,17-18,24H,5-6,15-16H2,1-4H3. The second-order valence-corrected chi connectivity index (χ2v) is 9.57. The van der Waals surface area contributed by atoms with Crippen molar-refractivity contribution < 1.29 is 13.2 Å². The van der Waals surface area contributed by atoms with Gasteiger partial charge in [-0.1, -0.05) is 44.2 Å². The molecule has 0 aliphatic carbocycles. The summed E-state index contributed by atoms with van der Waals surface area (Å²) in [4.78, 5) is 15.1. The Labute approximate surface area is 179 Å². The monoisotopic (exact) mass is 429 g/mol. The van der Waals surface area contributed by atoms with Crippen LogP contribution in [0.3, 0.4) is 0 Å². The van der Waals surface area contributed by atoms with Gasteiger partial charge >= 0.3 is 0 Å². The van der Waals surface area contributed by atoms with E-state index in [-0.39, 0.29) is 18.0 Å². The van der Waals surface area contributed by atoms with Crippen LogP contribution in [0.4, 0.5) is 5.69 Å². The molecule has 6 nitrogen and oxygen atoms in total. The molecule has 1 heterocycles. The van der Waals surface area contributed by atoms with Crippen LogP contribution in [0, 0.1) is 0 Å². The third kappa shape index (κ3) is 4.43. The van der Waals surface area contributed by atoms with Gasteiger partial charge in [-0.15, -0.1) is 0 Å². The summed E-state index contributed by atoms with van der Waals surface area (Å²) in [6.07, 6.45) is 0.882. The molecule has 2 unspecified atom stereocenters. The van der Waals surface area contributed by atoms with Crippen molar-refractivity contribution in [1.29, 1.82) is 0 Å². The first-order valence-electron chi connectivity index (χ1n) is 10.5. The number of fused-ring (bicyclic) bond motifs is 1. The lowest BCUT2D eigenvalue weighted by molar-refractivity contribution is -0.120. The van der Waals surface area contributed by atoms with Gasteiger partial charge in [0.25, 0.3) is 0 Å². The van der Waals surface area contributed by atoms with Crippen molar-refractivity contribution in [3.8, 4) is 0 Å². The second-order valence-electron chi connectivity index (χ2n) is 7.64. The molecule has 0 fully saturated rings. The number of amides is 1. The lowest BCUT2D eigenvalue weighted by Gasteiger charge is -2.25. The number of para-hydroxylation sites is 1. The van der Waals surface area contributed by atoms with Crippen LogP contribution in [0.1, 0.15) is 44.9 Å². The van der Waals surface area contributed by atoms with Crippen LogP contribution in [0.2, 0.25) is 0 Å². The first-order valence-corrected chi connectivity index (χ1v) is 12.0. The summed E-state index contributed by atoms with van der Waals surface area (Å²) in [6.45, 7) is 9.11. The molecule has 1 aliphatic heterocycles. The van der Waals surface area contributed by atoms with Gasteiger partial charge in [0.1, 0.15) is 0 Å². The molecule has 162 valence electrons. The number of benzene rings is 2. The van der Waals surface area contributed by atoms with Crippen molar-refractivity contribution in [2.45, 2.75) is 51.1 Å². The first-order chi connectivity index (χ1) is 14.3. The SMILES string of the molecule is CCN(CC)S(=O)(=O)c1ccc(C(C)NC(C)C(=O)N2CCc3ccccc32)cc1. The van der Waals surface area contributed by atoms with E-state index in [0.717, 1.165) is 17.7 Å². The third-order valence-corrected chi connectivity index (χ3v) is 7.81. The molecule has 30 heavy (non-hydrogen) atoms. The highest BCUT2D eigenvalue weighted by Gasteiger charge is 2.28. The number of anilines is 1. The summed E-state index contributed by atoms with van der Waals surface area (Å²) >= 11 is 0. The number of nitrogens with one attached hydrogen (secondary N) is 1. The van der Waals surface area contributed by atoms with Crippen LogP contribution in [0.5, 0.6) is 0 Å².